The molecular weight excluding hydrogens is 306 g/mol. The number of halogens is 1. The largest absolute Gasteiger partial charge is 0.347 e. The van der Waals surface area contributed by atoms with Gasteiger partial charge in [0, 0.05) is 18.2 Å². The van der Waals surface area contributed by atoms with Gasteiger partial charge in [0.15, 0.2) is 0 Å². The first-order valence-electron chi connectivity index (χ1n) is 6.86. The molecule has 4 nitrogen and oxygen atoms in total. The molecule has 0 radical (unpaired) electrons. The zero-order valence-electron chi connectivity index (χ0n) is 11.5. The second-order valence-electron chi connectivity index (χ2n) is 4.96. The molecular formula is C15H18ClN3OS. The summed E-state index contributed by atoms with van der Waals surface area (Å²) in [5, 5.41) is 6.36. The molecule has 2 aromatic rings. The second kappa shape index (κ2) is 7.54. The van der Waals surface area contributed by atoms with Gasteiger partial charge in [-0.2, -0.15) is 4.37 Å². The van der Waals surface area contributed by atoms with E-state index >= 15 is 0 Å². The molecule has 1 aromatic heterocycles. The number of nitrogens with one attached hydrogen (secondary N) is 2. The number of carbonyl (C=O) groups is 1. The fraction of sp³-hybridized carbons (Fsp3) is 0.333. The summed E-state index contributed by atoms with van der Waals surface area (Å²) in [6.45, 7) is 1.90. The van der Waals surface area contributed by atoms with Gasteiger partial charge >= 0.3 is 0 Å². The molecule has 0 aliphatic carbocycles. The van der Waals surface area contributed by atoms with Crippen molar-refractivity contribution in [2.24, 2.45) is 0 Å². The monoisotopic (exact) mass is 323 g/mol. The maximum Gasteiger partial charge on any atom is 0.263 e. The fourth-order valence-corrected chi connectivity index (χ4v) is 3.02. The van der Waals surface area contributed by atoms with Crippen molar-refractivity contribution < 1.29 is 4.79 Å². The first-order valence-corrected chi connectivity index (χ1v) is 7.64. The SMILES string of the molecule is Cl.O=C(N[C@H]1CCCNC1)c1cc(-c2ccccc2)ns1. The Morgan fingerprint density at radius 2 is 2.14 bits per heavy atom. The molecule has 2 N–H and O–H groups in total. The summed E-state index contributed by atoms with van der Waals surface area (Å²) >= 11 is 1.26. The van der Waals surface area contributed by atoms with E-state index in [9.17, 15) is 4.79 Å². The molecule has 0 saturated carbocycles. The molecule has 1 aromatic carbocycles. The van der Waals surface area contributed by atoms with Gasteiger partial charge in [-0.15, -0.1) is 12.4 Å². The third kappa shape index (κ3) is 4.03. The number of aromatic nitrogens is 1. The van der Waals surface area contributed by atoms with Crippen molar-refractivity contribution in [1.82, 2.24) is 15.0 Å². The molecule has 1 atom stereocenters. The summed E-state index contributed by atoms with van der Waals surface area (Å²) in [4.78, 5) is 12.9. The number of carbonyl (C=O) groups excluding carboxylic acids is 1. The van der Waals surface area contributed by atoms with E-state index in [-0.39, 0.29) is 24.4 Å². The lowest BCUT2D eigenvalue weighted by molar-refractivity contribution is 0.0935. The van der Waals surface area contributed by atoms with Crippen molar-refractivity contribution >= 4 is 29.8 Å². The van der Waals surface area contributed by atoms with E-state index in [2.05, 4.69) is 15.0 Å². The van der Waals surface area contributed by atoms with Crippen LogP contribution >= 0.6 is 23.9 Å². The van der Waals surface area contributed by atoms with Crippen LogP contribution in [0.2, 0.25) is 0 Å². The van der Waals surface area contributed by atoms with E-state index in [0.29, 0.717) is 4.88 Å². The number of piperidine rings is 1. The van der Waals surface area contributed by atoms with Crippen molar-refractivity contribution in [3.8, 4) is 11.3 Å². The lowest BCUT2D eigenvalue weighted by Crippen LogP contribution is -2.45. The van der Waals surface area contributed by atoms with Crippen molar-refractivity contribution in [3.63, 3.8) is 0 Å². The molecule has 1 aliphatic rings. The van der Waals surface area contributed by atoms with Crippen LogP contribution in [0.3, 0.4) is 0 Å². The van der Waals surface area contributed by atoms with Crippen molar-refractivity contribution in [3.05, 3.63) is 41.3 Å². The molecule has 2 heterocycles. The Morgan fingerprint density at radius 3 is 2.86 bits per heavy atom. The number of hydrogen-bond donors (Lipinski definition) is 2. The average Bonchev–Trinajstić information content (AvgIpc) is 2.99. The second-order valence-corrected chi connectivity index (χ2v) is 5.76. The number of nitrogens with zero attached hydrogens (tertiary/aromatic N) is 1. The number of hydrogen-bond acceptors (Lipinski definition) is 4. The first kappa shape index (κ1) is 15.9. The zero-order valence-corrected chi connectivity index (χ0v) is 13.2. The topological polar surface area (TPSA) is 54.0 Å². The summed E-state index contributed by atoms with van der Waals surface area (Å²) in [5.41, 5.74) is 1.91. The van der Waals surface area contributed by atoms with Crippen LogP contribution < -0.4 is 10.6 Å². The van der Waals surface area contributed by atoms with Crippen LogP contribution in [0, 0.1) is 0 Å². The average molecular weight is 324 g/mol. The molecule has 0 spiro atoms. The molecule has 112 valence electrons. The van der Waals surface area contributed by atoms with Gasteiger partial charge in [0.1, 0.15) is 4.88 Å². The Bertz CT molecular complexity index is 582. The van der Waals surface area contributed by atoms with Crippen molar-refractivity contribution in [2.45, 2.75) is 18.9 Å². The van der Waals surface area contributed by atoms with Crippen LogP contribution in [-0.4, -0.2) is 29.4 Å². The van der Waals surface area contributed by atoms with Gasteiger partial charge in [0.05, 0.1) is 5.69 Å². The maximum absolute atomic E-state index is 12.2. The molecule has 1 fully saturated rings. The maximum atomic E-state index is 12.2. The summed E-state index contributed by atoms with van der Waals surface area (Å²) in [6.07, 6.45) is 2.16. The van der Waals surface area contributed by atoms with E-state index in [1.54, 1.807) is 0 Å². The van der Waals surface area contributed by atoms with Crippen molar-refractivity contribution in [2.75, 3.05) is 13.1 Å². The Hall–Kier alpha value is -1.43. The quantitative estimate of drug-likeness (QED) is 0.913. The summed E-state index contributed by atoms with van der Waals surface area (Å²) in [6, 6.07) is 12.0. The highest BCUT2D eigenvalue weighted by molar-refractivity contribution is 7.08. The van der Waals surface area contributed by atoms with Crippen LogP contribution in [0.5, 0.6) is 0 Å². The third-order valence-corrected chi connectivity index (χ3v) is 4.22. The van der Waals surface area contributed by atoms with E-state index in [1.807, 2.05) is 36.4 Å². The molecule has 1 aliphatic heterocycles. The minimum Gasteiger partial charge on any atom is -0.347 e. The van der Waals surface area contributed by atoms with E-state index < -0.39 is 0 Å². The number of amides is 1. The summed E-state index contributed by atoms with van der Waals surface area (Å²) in [5.74, 6) is -0.0154. The standard InChI is InChI=1S/C15H17N3OS.ClH/c19-15(17-12-7-4-8-16-10-12)14-9-13(18-20-14)11-5-2-1-3-6-11;/h1-3,5-6,9,12,16H,4,7-8,10H2,(H,17,19);1H/t12-;/m0./s1. The van der Waals surface area contributed by atoms with Gasteiger partial charge < -0.3 is 10.6 Å². The summed E-state index contributed by atoms with van der Waals surface area (Å²) in [7, 11) is 0. The van der Waals surface area contributed by atoms with Gasteiger partial charge in [0.25, 0.3) is 5.91 Å². The smallest absolute Gasteiger partial charge is 0.263 e. The molecule has 1 amide bonds. The minimum absolute atomic E-state index is 0. The van der Waals surface area contributed by atoms with E-state index in [4.69, 9.17) is 0 Å². The molecule has 21 heavy (non-hydrogen) atoms. The van der Waals surface area contributed by atoms with Crippen LogP contribution in [0.25, 0.3) is 11.3 Å². The highest BCUT2D eigenvalue weighted by Gasteiger charge is 2.18. The number of rotatable bonds is 3. The number of benzene rings is 1. The lowest BCUT2D eigenvalue weighted by atomic mass is 10.1. The van der Waals surface area contributed by atoms with Gasteiger partial charge in [-0.3, -0.25) is 4.79 Å². The first-order chi connectivity index (χ1) is 9.83. The minimum atomic E-state index is -0.0154. The van der Waals surface area contributed by atoms with E-state index in [1.165, 1.54) is 11.5 Å². The fourth-order valence-electron chi connectivity index (χ4n) is 2.36. The Kier molecular flexibility index (Phi) is 5.73. The Balaban J connectivity index is 0.00000161. The normalized spacial score (nSPS) is 17.8. The summed E-state index contributed by atoms with van der Waals surface area (Å²) < 4.78 is 4.37. The molecule has 3 rings (SSSR count). The van der Waals surface area contributed by atoms with Crippen molar-refractivity contribution in [1.29, 1.82) is 0 Å². The van der Waals surface area contributed by atoms with Gasteiger partial charge in [-0.1, -0.05) is 30.3 Å². The van der Waals surface area contributed by atoms with Gasteiger partial charge in [-0.05, 0) is 37.0 Å². The van der Waals surface area contributed by atoms with Crippen LogP contribution in [0.15, 0.2) is 36.4 Å². The predicted octanol–water partition coefficient (Wildman–Crippen LogP) is 2.71. The van der Waals surface area contributed by atoms with E-state index in [0.717, 1.165) is 37.2 Å². The Morgan fingerprint density at radius 1 is 1.33 bits per heavy atom. The Labute approximate surface area is 134 Å². The molecule has 6 heteroatoms. The van der Waals surface area contributed by atoms with Gasteiger partial charge in [-0.25, -0.2) is 0 Å². The molecule has 0 bridgehead atoms. The highest BCUT2D eigenvalue weighted by atomic mass is 35.5. The predicted molar refractivity (Wildman–Crippen MR) is 88.2 cm³/mol. The third-order valence-electron chi connectivity index (χ3n) is 3.44. The lowest BCUT2D eigenvalue weighted by Gasteiger charge is -2.23. The highest BCUT2D eigenvalue weighted by Crippen LogP contribution is 2.21. The molecule has 1 saturated heterocycles. The van der Waals surface area contributed by atoms with Crippen LogP contribution in [0.4, 0.5) is 0 Å². The van der Waals surface area contributed by atoms with Crippen LogP contribution in [-0.2, 0) is 0 Å². The van der Waals surface area contributed by atoms with Crippen LogP contribution in [0.1, 0.15) is 22.5 Å². The zero-order chi connectivity index (χ0) is 13.8. The van der Waals surface area contributed by atoms with Gasteiger partial charge in [0.2, 0.25) is 0 Å². The molecule has 0 unspecified atom stereocenters.